The molecule has 0 saturated heterocycles. The maximum atomic E-state index is 11.1. The van der Waals surface area contributed by atoms with Crippen LogP contribution >= 0.6 is 0 Å². The van der Waals surface area contributed by atoms with Crippen molar-refractivity contribution in [2.24, 2.45) is 0 Å². The SMILES string of the molecule is C=CC(=O)Nc1ccccc1C=CC(=O)O. The predicted molar refractivity (Wildman–Crippen MR) is 61.9 cm³/mol. The Morgan fingerprint density at radius 1 is 1.31 bits per heavy atom. The van der Waals surface area contributed by atoms with Crippen molar-refractivity contribution in [1.29, 1.82) is 0 Å². The number of aliphatic carboxylic acids is 1. The Labute approximate surface area is 92.9 Å². The summed E-state index contributed by atoms with van der Waals surface area (Å²) >= 11 is 0. The van der Waals surface area contributed by atoms with Gasteiger partial charge >= 0.3 is 5.97 Å². The van der Waals surface area contributed by atoms with Gasteiger partial charge in [-0.3, -0.25) is 4.79 Å². The first kappa shape index (κ1) is 11.7. The van der Waals surface area contributed by atoms with Gasteiger partial charge in [-0.25, -0.2) is 4.79 Å². The first-order chi connectivity index (χ1) is 7.63. The first-order valence-electron chi connectivity index (χ1n) is 4.57. The van der Waals surface area contributed by atoms with E-state index >= 15 is 0 Å². The van der Waals surface area contributed by atoms with Gasteiger partial charge in [0.05, 0.1) is 0 Å². The minimum atomic E-state index is -1.04. The Hall–Kier alpha value is -2.36. The molecule has 2 N–H and O–H groups in total. The Bertz CT molecular complexity index is 449. The van der Waals surface area contributed by atoms with E-state index < -0.39 is 5.97 Å². The summed E-state index contributed by atoms with van der Waals surface area (Å²) in [5, 5.41) is 11.1. The van der Waals surface area contributed by atoms with Crippen LogP contribution in [0, 0.1) is 0 Å². The topological polar surface area (TPSA) is 66.4 Å². The van der Waals surface area contributed by atoms with Crippen LogP contribution < -0.4 is 5.32 Å². The minimum absolute atomic E-state index is 0.337. The number of carbonyl (C=O) groups is 2. The van der Waals surface area contributed by atoms with Gasteiger partial charge < -0.3 is 10.4 Å². The Morgan fingerprint density at radius 2 is 2.00 bits per heavy atom. The molecule has 0 aliphatic rings. The molecule has 0 unspecified atom stereocenters. The quantitative estimate of drug-likeness (QED) is 0.757. The molecule has 0 spiro atoms. The van der Waals surface area contributed by atoms with Gasteiger partial charge in [0.1, 0.15) is 0 Å². The van der Waals surface area contributed by atoms with E-state index in [1.165, 1.54) is 6.08 Å². The molecule has 1 aromatic rings. The van der Waals surface area contributed by atoms with Crippen molar-refractivity contribution in [2.45, 2.75) is 0 Å². The van der Waals surface area contributed by atoms with E-state index in [1.54, 1.807) is 24.3 Å². The number of nitrogens with one attached hydrogen (secondary N) is 1. The van der Waals surface area contributed by atoms with E-state index in [4.69, 9.17) is 5.11 Å². The second-order valence-corrected chi connectivity index (χ2v) is 2.95. The Morgan fingerprint density at radius 3 is 2.62 bits per heavy atom. The Kier molecular flexibility index (Phi) is 4.03. The number of hydrogen-bond donors (Lipinski definition) is 2. The van der Waals surface area contributed by atoms with Crippen LogP contribution in [0.25, 0.3) is 6.08 Å². The highest BCUT2D eigenvalue weighted by Crippen LogP contribution is 2.16. The predicted octanol–water partition coefficient (Wildman–Crippen LogP) is 1.91. The van der Waals surface area contributed by atoms with Crippen molar-refractivity contribution in [3.63, 3.8) is 0 Å². The summed E-state index contributed by atoms with van der Waals surface area (Å²) in [5.74, 6) is -1.37. The largest absolute Gasteiger partial charge is 0.478 e. The molecule has 16 heavy (non-hydrogen) atoms. The van der Waals surface area contributed by atoms with Gasteiger partial charge in [-0.05, 0) is 23.8 Å². The van der Waals surface area contributed by atoms with E-state index in [0.717, 1.165) is 12.2 Å². The summed E-state index contributed by atoms with van der Waals surface area (Å²) in [7, 11) is 0. The summed E-state index contributed by atoms with van der Waals surface area (Å²) in [6.07, 6.45) is 3.58. The van der Waals surface area contributed by atoms with Crippen LogP contribution in [0.3, 0.4) is 0 Å². The maximum Gasteiger partial charge on any atom is 0.328 e. The molecule has 0 bridgehead atoms. The highest BCUT2D eigenvalue weighted by atomic mass is 16.4. The molecule has 4 heteroatoms. The van der Waals surface area contributed by atoms with E-state index in [-0.39, 0.29) is 5.91 Å². The molecule has 0 aliphatic carbocycles. The average molecular weight is 217 g/mol. The van der Waals surface area contributed by atoms with E-state index in [2.05, 4.69) is 11.9 Å². The minimum Gasteiger partial charge on any atom is -0.478 e. The second-order valence-electron chi connectivity index (χ2n) is 2.95. The lowest BCUT2D eigenvalue weighted by molar-refractivity contribution is -0.131. The molecule has 4 nitrogen and oxygen atoms in total. The fourth-order valence-corrected chi connectivity index (χ4v) is 1.10. The molecular weight excluding hydrogens is 206 g/mol. The smallest absolute Gasteiger partial charge is 0.328 e. The van der Waals surface area contributed by atoms with E-state index in [0.29, 0.717) is 11.3 Å². The molecule has 0 saturated carbocycles. The van der Waals surface area contributed by atoms with Crippen LogP contribution in [0.15, 0.2) is 43.0 Å². The third-order valence-electron chi connectivity index (χ3n) is 1.81. The molecule has 0 radical (unpaired) electrons. The second kappa shape index (κ2) is 5.50. The van der Waals surface area contributed by atoms with Gasteiger partial charge in [-0.2, -0.15) is 0 Å². The van der Waals surface area contributed by atoms with Gasteiger partial charge in [-0.1, -0.05) is 24.8 Å². The number of carbonyl (C=O) groups excluding carboxylic acids is 1. The highest BCUT2D eigenvalue weighted by molar-refractivity contribution is 6.00. The summed E-state index contributed by atoms with van der Waals surface area (Å²) in [5.41, 5.74) is 1.17. The molecule has 1 aromatic carbocycles. The summed E-state index contributed by atoms with van der Waals surface area (Å²) in [6, 6.07) is 6.89. The summed E-state index contributed by atoms with van der Waals surface area (Å²) in [4.78, 5) is 21.5. The van der Waals surface area contributed by atoms with Crippen LogP contribution in [-0.2, 0) is 9.59 Å². The van der Waals surface area contributed by atoms with Crippen LogP contribution in [0.4, 0.5) is 5.69 Å². The molecule has 1 amide bonds. The highest BCUT2D eigenvalue weighted by Gasteiger charge is 2.01. The number of anilines is 1. The molecule has 0 heterocycles. The molecule has 82 valence electrons. The Balaban J connectivity index is 2.95. The fourth-order valence-electron chi connectivity index (χ4n) is 1.10. The molecule has 1 rings (SSSR count). The lowest BCUT2D eigenvalue weighted by atomic mass is 10.1. The van der Waals surface area contributed by atoms with Crippen LogP contribution in [0.2, 0.25) is 0 Å². The zero-order valence-electron chi connectivity index (χ0n) is 8.51. The van der Waals surface area contributed by atoms with Gasteiger partial charge in [-0.15, -0.1) is 0 Å². The van der Waals surface area contributed by atoms with Crippen LogP contribution in [0.1, 0.15) is 5.56 Å². The van der Waals surface area contributed by atoms with Crippen molar-refractivity contribution in [1.82, 2.24) is 0 Å². The van der Waals surface area contributed by atoms with Crippen molar-refractivity contribution < 1.29 is 14.7 Å². The van der Waals surface area contributed by atoms with Crippen molar-refractivity contribution >= 4 is 23.6 Å². The lowest BCUT2D eigenvalue weighted by Crippen LogP contribution is -2.08. The number of rotatable bonds is 4. The van der Waals surface area contributed by atoms with E-state index in [1.807, 2.05) is 0 Å². The number of carboxylic acids is 1. The summed E-state index contributed by atoms with van der Waals surface area (Å²) in [6.45, 7) is 3.34. The zero-order valence-corrected chi connectivity index (χ0v) is 8.51. The molecule has 0 aliphatic heterocycles. The van der Waals surface area contributed by atoms with Crippen LogP contribution in [0.5, 0.6) is 0 Å². The fraction of sp³-hybridized carbons (Fsp3) is 0. The number of hydrogen-bond acceptors (Lipinski definition) is 2. The first-order valence-corrected chi connectivity index (χ1v) is 4.57. The third-order valence-corrected chi connectivity index (χ3v) is 1.81. The maximum absolute atomic E-state index is 11.1. The van der Waals surface area contributed by atoms with Crippen molar-refractivity contribution in [3.8, 4) is 0 Å². The van der Waals surface area contributed by atoms with Gasteiger partial charge in [0, 0.05) is 11.8 Å². The van der Waals surface area contributed by atoms with Crippen molar-refractivity contribution in [3.05, 3.63) is 48.6 Å². The standard InChI is InChI=1S/C12H11NO3/c1-2-11(14)13-10-6-4-3-5-9(10)7-8-12(15)16/h2-8H,1H2,(H,13,14)(H,15,16). The molecule has 0 atom stereocenters. The molecular formula is C12H11NO3. The monoisotopic (exact) mass is 217 g/mol. The van der Waals surface area contributed by atoms with Crippen molar-refractivity contribution in [2.75, 3.05) is 5.32 Å². The van der Waals surface area contributed by atoms with Gasteiger partial charge in [0.25, 0.3) is 0 Å². The van der Waals surface area contributed by atoms with Gasteiger partial charge in [0.2, 0.25) is 5.91 Å². The average Bonchev–Trinajstić information content (AvgIpc) is 2.27. The third kappa shape index (κ3) is 3.42. The number of benzene rings is 1. The normalized spacial score (nSPS) is 10.0. The van der Waals surface area contributed by atoms with Gasteiger partial charge in [0.15, 0.2) is 0 Å². The zero-order chi connectivity index (χ0) is 12.0. The number of carboxylic acid groups (broad SMARTS) is 1. The number of amides is 1. The molecule has 0 fully saturated rings. The summed E-state index contributed by atoms with van der Waals surface area (Å²) < 4.78 is 0. The van der Waals surface area contributed by atoms with Crippen LogP contribution in [-0.4, -0.2) is 17.0 Å². The number of para-hydroxylation sites is 1. The lowest BCUT2D eigenvalue weighted by Gasteiger charge is -2.05. The molecule has 0 aromatic heterocycles. The van der Waals surface area contributed by atoms with E-state index in [9.17, 15) is 9.59 Å².